The summed E-state index contributed by atoms with van der Waals surface area (Å²) in [4.78, 5) is 16.4. The molecule has 1 aromatic heterocycles. The summed E-state index contributed by atoms with van der Waals surface area (Å²) in [5.74, 6) is 0.126. The molecule has 0 spiro atoms. The van der Waals surface area contributed by atoms with Crippen LogP contribution in [0.15, 0.2) is 42.5 Å². The number of aryl methyl sites for hydroxylation is 1. The molecule has 1 heterocycles. The molecule has 2 rings (SSSR count). The lowest BCUT2D eigenvalue weighted by molar-refractivity contribution is 0.00681. The van der Waals surface area contributed by atoms with Crippen LogP contribution in [-0.2, 0) is 16.1 Å². The van der Waals surface area contributed by atoms with Gasteiger partial charge >= 0.3 is 5.97 Å². The molecule has 0 fully saturated rings. The van der Waals surface area contributed by atoms with Crippen molar-refractivity contribution < 1.29 is 19.0 Å². The Bertz CT molecular complexity index is 708. The highest BCUT2D eigenvalue weighted by Gasteiger charge is 2.20. The average Bonchev–Trinajstić information content (AvgIpc) is 2.57. The second kappa shape index (κ2) is 9.34. The third-order valence-corrected chi connectivity index (χ3v) is 3.47. The van der Waals surface area contributed by atoms with Crippen molar-refractivity contribution in [3.63, 3.8) is 0 Å². The van der Waals surface area contributed by atoms with Gasteiger partial charge in [-0.1, -0.05) is 30.3 Å². The number of ether oxygens (including phenoxy) is 3. The SMILES string of the molecule is Cc1nc(OCCCOCc2ccccc2)ccc1C(=O)OC(C)(C)C. The first-order chi connectivity index (χ1) is 12.3. The van der Waals surface area contributed by atoms with Crippen LogP contribution in [0.1, 0.15) is 48.8 Å². The van der Waals surface area contributed by atoms with Crippen LogP contribution in [0.25, 0.3) is 0 Å². The summed E-state index contributed by atoms with van der Waals surface area (Å²) in [6, 6.07) is 13.4. The number of carbonyl (C=O) groups excluding carboxylic acids is 1. The Kier molecular flexibility index (Phi) is 7.16. The van der Waals surface area contributed by atoms with Gasteiger partial charge in [0.2, 0.25) is 5.88 Å². The van der Waals surface area contributed by atoms with Crippen LogP contribution < -0.4 is 4.74 Å². The summed E-state index contributed by atoms with van der Waals surface area (Å²) in [5.41, 5.74) is 1.68. The lowest BCUT2D eigenvalue weighted by Gasteiger charge is -2.20. The van der Waals surface area contributed by atoms with Gasteiger partial charge in [-0.15, -0.1) is 0 Å². The molecule has 0 unspecified atom stereocenters. The molecule has 0 aliphatic rings. The minimum absolute atomic E-state index is 0.372. The quantitative estimate of drug-likeness (QED) is 0.520. The minimum Gasteiger partial charge on any atom is -0.478 e. The lowest BCUT2D eigenvalue weighted by atomic mass is 10.1. The standard InChI is InChI=1S/C21H27NO4/c1-16-18(20(23)26-21(2,3)4)11-12-19(22-16)25-14-8-13-24-15-17-9-6-5-7-10-17/h5-7,9-12H,8,13-15H2,1-4H3. The van der Waals surface area contributed by atoms with E-state index in [1.54, 1.807) is 19.1 Å². The number of nitrogens with zero attached hydrogens (tertiary/aromatic N) is 1. The normalized spacial score (nSPS) is 11.2. The number of hydrogen-bond donors (Lipinski definition) is 0. The van der Waals surface area contributed by atoms with Crippen molar-refractivity contribution >= 4 is 5.97 Å². The number of rotatable bonds is 8. The van der Waals surface area contributed by atoms with E-state index in [1.165, 1.54) is 0 Å². The van der Waals surface area contributed by atoms with Crippen molar-refractivity contribution in [3.8, 4) is 5.88 Å². The molecule has 0 atom stereocenters. The highest BCUT2D eigenvalue weighted by molar-refractivity contribution is 5.90. The van der Waals surface area contributed by atoms with Crippen molar-refractivity contribution in [2.45, 2.75) is 46.3 Å². The third-order valence-electron chi connectivity index (χ3n) is 3.47. The maximum absolute atomic E-state index is 12.1. The number of hydrogen-bond acceptors (Lipinski definition) is 5. The largest absolute Gasteiger partial charge is 0.478 e. The number of esters is 1. The first kappa shape index (κ1) is 19.9. The molecule has 0 saturated carbocycles. The Morgan fingerprint density at radius 1 is 1.04 bits per heavy atom. The van der Waals surface area contributed by atoms with Gasteiger partial charge in [-0.05, 0) is 39.3 Å². The first-order valence-corrected chi connectivity index (χ1v) is 8.80. The van der Waals surface area contributed by atoms with Gasteiger partial charge in [0.15, 0.2) is 0 Å². The van der Waals surface area contributed by atoms with E-state index in [9.17, 15) is 4.79 Å². The van der Waals surface area contributed by atoms with Gasteiger partial charge in [-0.25, -0.2) is 9.78 Å². The Hall–Kier alpha value is -2.40. The topological polar surface area (TPSA) is 57.7 Å². The van der Waals surface area contributed by atoms with E-state index in [-0.39, 0.29) is 5.97 Å². The highest BCUT2D eigenvalue weighted by Crippen LogP contribution is 2.17. The zero-order valence-corrected chi connectivity index (χ0v) is 16.0. The predicted octanol–water partition coefficient (Wildman–Crippen LogP) is 4.33. The number of carbonyl (C=O) groups is 1. The molecule has 0 amide bonds. The van der Waals surface area contributed by atoms with E-state index in [2.05, 4.69) is 4.98 Å². The fourth-order valence-electron chi connectivity index (χ4n) is 2.27. The molecule has 5 heteroatoms. The highest BCUT2D eigenvalue weighted by atomic mass is 16.6. The molecular weight excluding hydrogens is 330 g/mol. The van der Waals surface area contributed by atoms with Crippen LogP contribution in [0.5, 0.6) is 5.88 Å². The van der Waals surface area contributed by atoms with E-state index in [0.717, 1.165) is 12.0 Å². The van der Waals surface area contributed by atoms with Gasteiger partial charge in [0.1, 0.15) is 5.60 Å². The molecule has 0 aliphatic carbocycles. The molecule has 2 aromatic rings. The molecule has 0 radical (unpaired) electrons. The van der Waals surface area contributed by atoms with Crippen LogP contribution in [0.2, 0.25) is 0 Å². The summed E-state index contributed by atoms with van der Waals surface area (Å²) in [5, 5.41) is 0. The van der Waals surface area contributed by atoms with Crippen LogP contribution in [0.3, 0.4) is 0 Å². The summed E-state index contributed by atoms with van der Waals surface area (Å²) >= 11 is 0. The smallest absolute Gasteiger partial charge is 0.340 e. The zero-order valence-electron chi connectivity index (χ0n) is 16.0. The Balaban J connectivity index is 1.73. The van der Waals surface area contributed by atoms with Gasteiger partial charge in [0, 0.05) is 12.5 Å². The minimum atomic E-state index is -0.529. The van der Waals surface area contributed by atoms with Crippen molar-refractivity contribution in [1.29, 1.82) is 0 Å². The lowest BCUT2D eigenvalue weighted by Crippen LogP contribution is -2.24. The molecule has 0 bridgehead atoms. The summed E-state index contributed by atoms with van der Waals surface area (Å²) in [6.07, 6.45) is 0.765. The average molecular weight is 357 g/mol. The molecule has 5 nitrogen and oxygen atoms in total. The van der Waals surface area contributed by atoms with E-state index in [0.29, 0.717) is 37.0 Å². The van der Waals surface area contributed by atoms with E-state index in [4.69, 9.17) is 14.2 Å². The van der Waals surface area contributed by atoms with Crippen molar-refractivity contribution in [2.75, 3.05) is 13.2 Å². The van der Waals surface area contributed by atoms with E-state index >= 15 is 0 Å². The van der Waals surface area contributed by atoms with Crippen LogP contribution in [0.4, 0.5) is 0 Å². The molecule has 140 valence electrons. The molecule has 1 aromatic carbocycles. The van der Waals surface area contributed by atoms with Crippen LogP contribution in [0, 0.1) is 6.92 Å². The Morgan fingerprint density at radius 2 is 1.77 bits per heavy atom. The monoisotopic (exact) mass is 357 g/mol. The fraction of sp³-hybridized carbons (Fsp3) is 0.429. The predicted molar refractivity (Wildman–Crippen MR) is 100 cm³/mol. The molecule has 0 N–H and O–H groups in total. The summed E-state index contributed by atoms with van der Waals surface area (Å²) in [6.45, 7) is 9.01. The second-order valence-corrected chi connectivity index (χ2v) is 7.02. The number of aromatic nitrogens is 1. The summed E-state index contributed by atoms with van der Waals surface area (Å²) in [7, 11) is 0. The van der Waals surface area contributed by atoms with Crippen LogP contribution in [-0.4, -0.2) is 29.8 Å². The molecule has 0 aliphatic heterocycles. The van der Waals surface area contributed by atoms with Crippen molar-refractivity contribution in [1.82, 2.24) is 4.98 Å². The van der Waals surface area contributed by atoms with Gasteiger partial charge < -0.3 is 14.2 Å². The number of benzene rings is 1. The maximum Gasteiger partial charge on any atom is 0.340 e. The second-order valence-electron chi connectivity index (χ2n) is 7.02. The van der Waals surface area contributed by atoms with Crippen molar-refractivity contribution in [3.05, 3.63) is 59.3 Å². The molecular formula is C21H27NO4. The van der Waals surface area contributed by atoms with Gasteiger partial charge in [0.25, 0.3) is 0 Å². The first-order valence-electron chi connectivity index (χ1n) is 8.80. The number of pyridine rings is 1. The third kappa shape index (κ3) is 6.84. The Morgan fingerprint density at radius 3 is 2.42 bits per heavy atom. The molecule has 26 heavy (non-hydrogen) atoms. The van der Waals surface area contributed by atoms with E-state index < -0.39 is 5.60 Å². The van der Waals surface area contributed by atoms with Crippen molar-refractivity contribution in [2.24, 2.45) is 0 Å². The van der Waals surface area contributed by atoms with Gasteiger partial charge in [-0.2, -0.15) is 0 Å². The van der Waals surface area contributed by atoms with E-state index in [1.807, 2.05) is 51.1 Å². The summed E-state index contributed by atoms with van der Waals surface area (Å²) < 4.78 is 16.6. The van der Waals surface area contributed by atoms with Crippen LogP contribution >= 0.6 is 0 Å². The van der Waals surface area contributed by atoms with Gasteiger partial charge in [-0.3, -0.25) is 0 Å². The van der Waals surface area contributed by atoms with Gasteiger partial charge in [0.05, 0.1) is 31.1 Å². The Labute approximate surface area is 155 Å². The maximum atomic E-state index is 12.1. The zero-order chi connectivity index (χ0) is 19.0. The fourth-order valence-corrected chi connectivity index (χ4v) is 2.27. The molecule has 0 saturated heterocycles.